The van der Waals surface area contributed by atoms with Crippen LogP contribution in [0.2, 0.25) is 0 Å². The lowest BCUT2D eigenvalue weighted by molar-refractivity contribution is -0.137. The SMILES string of the molecule is CCCC1CCN(Cn2c(CC)nc3cc(C(F)(F)F)ccc32)C1. The number of rotatable bonds is 5. The molecule has 1 aliphatic heterocycles. The summed E-state index contributed by atoms with van der Waals surface area (Å²) in [5, 5.41) is 0. The van der Waals surface area contributed by atoms with E-state index in [2.05, 4.69) is 21.4 Å². The number of aromatic nitrogens is 2. The summed E-state index contributed by atoms with van der Waals surface area (Å²) in [5.74, 6) is 1.59. The summed E-state index contributed by atoms with van der Waals surface area (Å²) in [6.45, 7) is 7.03. The van der Waals surface area contributed by atoms with Crippen molar-refractivity contribution in [2.24, 2.45) is 5.92 Å². The Labute approximate surface area is 140 Å². The number of hydrogen-bond acceptors (Lipinski definition) is 2. The molecule has 0 aliphatic carbocycles. The van der Waals surface area contributed by atoms with Gasteiger partial charge in [-0.1, -0.05) is 20.3 Å². The molecule has 132 valence electrons. The van der Waals surface area contributed by atoms with Gasteiger partial charge in [0, 0.05) is 19.5 Å². The highest BCUT2D eigenvalue weighted by Gasteiger charge is 2.31. The molecule has 1 aliphatic rings. The fourth-order valence-corrected chi connectivity index (χ4v) is 3.67. The Balaban J connectivity index is 1.87. The number of benzene rings is 1. The van der Waals surface area contributed by atoms with E-state index in [4.69, 9.17) is 0 Å². The number of likely N-dealkylation sites (tertiary alicyclic amines) is 1. The fourth-order valence-electron chi connectivity index (χ4n) is 3.67. The molecule has 0 bridgehead atoms. The summed E-state index contributed by atoms with van der Waals surface area (Å²) in [4.78, 5) is 6.83. The lowest BCUT2D eigenvalue weighted by atomic mass is 10.0. The van der Waals surface area contributed by atoms with Gasteiger partial charge in [0.15, 0.2) is 0 Å². The standard InChI is InChI=1S/C18H24F3N3/c1-3-5-13-8-9-23(11-13)12-24-16-7-6-14(18(19,20)21)10-15(16)22-17(24)4-2/h6-7,10,13H,3-5,8-9,11-12H2,1-2H3. The zero-order chi connectivity index (χ0) is 17.3. The zero-order valence-corrected chi connectivity index (χ0v) is 14.2. The third kappa shape index (κ3) is 3.43. The van der Waals surface area contributed by atoms with Crippen LogP contribution in [0.15, 0.2) is 18.2 Å². The number of halogens is 3. The zero-order valence-electron chi connectivity index (χ0n) is 14.2. The molecule has 0 radical (unpaired) electrons. The summed E-state index contributed by atoms with van der Waals surface area (Å²) < 4.78 is 40.8. The van der Waals surface area contributed by atoms with Crippen LogP contribution in [0.4, 0.5) is 13.2 Å². The maximum atomic E-state index is 12.9. The number of hydrogen-bond donors (Lipinski definition) is 0. The van der Waals surface area contributed by atoms with E-state index in [1.807, 2.05) is 6.92 Å². The Morgan fingerprint density at radius 3 is 2.71 bits per heavy atom. The molecule has 0 N–H and O–H groups in total. The van der Waals surface area contributed by atoms with Crippen LogP contribution in [0.25, 0.3) is 11.0 Å². The highest BCUT2D eigenvalue weighted by Crippen LogP contribution is 2.32. The van der Waals surface area contributed by atoms with Crippen molar-refractivity contribution in [3.63, 3.8) is 0 Å². The molecule has 3 rings (SSSR count). The van der Waals surface area contributed by atoms with Gasteiger partial charge in [-0.2, -0.15) is 13.2 Å². The Morgan fingerprint density at radius 2 is 2.04 bits per heavy atom. The molecule has 1 saturated heterocycles. The molecule has 2 aromatic rings. The second-order valence-electron chi connectivity index (χ2n) is 6.67. The largest absolute Gasteiger partial charge is 0.416 e. The minimum absolute atomic E-state index is 0.436. The van der Waals surface area contributed by atoms with Crippen molar-refractivity contribution in [3.05, 3.63) is 29.6 Å². The first-order valence-corrected chi connectivity index (χ1v) is 8.71. The molecule has 0 spiro atoms. The third-order valence-electron chi connectivity index (χ3n) is 4.88. The van der Waals surface area contributed by atoms with Crippen molar-refractivity contribution in [2.75, 3.05) is 13.1 Å². The second kappa shape index (κ2) is 6.75. The molecule has 1 aromatic carbocycles. The van der Waals surface area contributed by atoms with Crippen molar-refractivity contribution in [3.8, 4) is 0 Å². The summed E-state index contributed by atoms with van der Waals surface area (Å²) in [5.41, 5.74) is 0.594. The van der Waals surface area contributed by atoms with Crippen molar-refractivity contribution >= 4 is 11.0 Å². The molecule has 3 nitrogen and oxygen atoms in total. The first-order valence-electron chi connectivity index (χ1n) is 8.71. The van der Waals surface area contributed by atoms with E-state index in [1.165, 1.54) is 19.3 Å². The van der Waals surface area contributed by atoms with Gasteiger partial charge in [0.1, 0.15) is 5.82 Å². The van der Waals surface area contributed by atoms with Crippen molar-refractivity contribution in [2.45, 2.75) is 52.4 Å². The molecular weight excluding hydrogens is 315 g/mol. The lowest BCUT2D eigenvalue weighted by Crippen LogP contribution is -2.25. The van der Waals surface area contributed by atoms with E-state index in [9.17, 15) is 13.2 Å². The molecule has 1 atom stereocenters. The second-order valence-corrected chi connectivity index (χ2v) is 6.67. The van der Waals surface area contributed by atoms with Gasteiger partial charge < -0.3 is 4.57 Å². The fraction of sp³-hybridized carbons (Fsp3) is 0.611. The molecule has 0 amide bonds. The predicted molar refractivity (Wildman–Crippen MR) is 88.7 cm³/mol. The first kappa shape index (κ1) is 17.3. The number of alkyl halides is 3. The van der Waals surface area contributed by atoms with Crippen LogP contribution in [0.3, 0.4) is 0 Å². The van der Waals surface area contributed by atoms with Gasteiger partial charge in [0.25, 0.3) is 0 Å². The van der Waals surface area contributed by atoms with Gasteiger partial charge in [-0.25, -0.2) is 4.98 Å². The Kier molecular flexibility index (Phi) is 4.85. The van der Waals surface area contributed by atoms with E-state index in [0.29, 0.717) is 18.6 Å². The summed E-state index contributed by atoms with van der Waals surface area (Å²) in [6.07, 6.45) is 0.0405. The molecule has 6 heteroatoms. The van der Waals surface area contributed by atoms with E-state index in [0.717, 1.165) is 42.5 Å². The summed E-state index contributed by atoms with van der Waals surface area (Å²) in [6, 6.07) is 3.88. The third-order valence-corrected chi connectivity index (χ3v) is 4.88. The predicted octanol–water partition coefficient (Wildman–Crippen LogP) is 4.70. The van der Waals surface area contributed by atoms with Gasteiger partial charge in [0.2, 0.25) is 0 Å². The van der Waals surface area contributed by atoms with Crippen LogP contribution in [0.1, 0.15) is 44.5 Å². The van der Waals surface area contributed by atoms with Crippen LogP contribution < -0.4 is 0 Å². The number of fused-ring (bicyclic) bond motifs is 1. The van der Waals surface area contributed by atoms with E-state index >= 15 is 0 Å². The lowest BCUT2D eigenvalue weighted by Gasteiger charge is -2.19. The summed E-state index contributed by atoms with van der Waals surface area (Å²) in [7, 11) is 0. The molecule has 1 aromatic heterocycles. The van der Waals surface area contributed by atoms with Gasteiger partial charge in [0.05, 0.1) is 23.3 Å². The van der Waals surface area contributed by atoms with Crippen molar-refractivity contribution < 1.29 is 13.2 Å². The highest BCUT2D eigenvalue weighted by atomic mass is 19.4. The number of imidazole rings is 1. The minimum atomic E-state index is -4.33. The molecule has 24 heavy (non-hydrogen) atoms. The van der Waals surface area contributed by atoms with Gasteiger partial charge in [-0.15, -0.1) is 0 Å². The first-order chi connectivity index (χ1) is 11.4. The van der Waals surface area contributed by atoms with E-state index in [1.54, 1.807) is 6.07 Å². The molecular formula is C18H24F3N3. The molecule has 0 saturated carbocycles. The van der Waals surface area contributed by atoms with Crippen LogP contribution in [-0.2, 0) is 19.3 Å². The monoisotopic (exact) mass is 339 g/mol. The number of aryl methyl sites for hydroxylation is 1. The molecule has 1 unspecified atom stereocenters. The average Bonchev–Trinajstić information content (AvgIpc) is 3.11. The highest BCUT2D eigenvalue weighted by molar-refractivity contribution is 5.77. The number of nitrogens with zero attached hydrogens (tertiary/aromatic N) is 3. The quantitative estimate of drug-likeness (QED) is 0.787. The van der Waals surface area contributed by atoms with Crippen LogP contribution >= 0.6 is 0 Å². The maximum absolute atomic E-state index is 12.9. The molecule has 1 fully saturated rings. The summed E-state index contributed by atoms with van der Waals surface area (Å²) >= 11 is 0. The van der Waals surface area contributed by atoms with Crippen molar-refractivity contribution in [1.29, 1.82) is 0 Å². The van der Waals surface area contributed by atoms with Gasteiger partial charge in [-0.3, -0.25) is 4.90 Å². The van der Waals surface area contributed by atoms with Crippen LogP contribution in [0.5, 0.6) is 0 Å². The van der Waals surface area contributed by atoms with Gasteiger partial charge in [-0.05, 0) is 37.0 Å². The van der Waals surface area contributed by atoms with Crippen LogP contribution in [-0.4, -0.2) is 27.5 Å². The van der Waals surface area contributed by atoms with Crippen molar-refractivity contribution in [1.82, 2.24) is 14.5 Å². The van der Waals surface area contributed by atoms with E-state index < -0.39 is 11.7 Å². The van der Waals surface area contributed by atoms with Crippen LogP contribution in [0, 0.1) is 5.92 Å². The topological polar surface area (TPSA) is 21.1 Å². The smallest absolute Gasteiger partial charge is 0.314 e. The average molecular weight is 339 g/mol. The minimum Gasteiger partial charge on any atom is -0.314 e. The Bertz CT molecular complexity index is 705. The van der Waals surface area contributed by atoms with E-state index in [-0.39, 0.29) is 0 Å². The Morgan fingerprint density at radius 1 is 1.25 bits per heavy atom. The normalized spacial score (nSPS) is 19.5. The maximum Gasteiger partial charge on any atom is 0.416 e. The van der Waals surface area contributed by atoms with Gasteiger partial charge >= 0.3 is 6.18 Å². The Hall–Kier alpha value is -1.56. The molecule has 2 heterocycles.